The summed E-state index contributed by atoms with van der Waals surface area (Å²) >= 11 is 4.77. The summed E-state index contributed by atoms with van der Waals surface area (Å²) in [5, 5.41) is 11.9. The maximum atomic E-state index is 13.4. The summed E-state index contributed by atoms with van der Waals surface area (Å²) in [7, 11) is 0. The number of hydrogen-bond acceptors (Lipinski definition) is 3. The van der Waals surface area contributed by atoms with Gasteiger partial charge in [0.05, 0.1) is 10.5 Å². The maximum absolute atomic E-state index is 13.4. The van der Waals surface area contributed by atoms with Crippen molar-refractivity contribution in [1.29, 1.82) is 0 Å². The van der Waals surface area contributed by atoms with Crippen molar-refractivity contribution in [2.24, 2.45) is 5.73 Å². The van der Waals surface area contributed by atoms with Gasteiger partial charge in [0, 0.05) is 0 Å². The van der Waals surface area contributed by atoms with Crippen molar-refractivity contribution in [2.45, 2.75) is 19.4 Å². The predicted octanol–water partition coefficient (Wildman–Crippen LogP) is 1.33. The third kappa shape index (κ3) is 2.91. The zero-order valence-electron chi connectivity index (χ0n) is 9.45. The Bertz CT molecular complexity index is 454. The number of halogens is 1. The average Bonchev–Trinajstić information content (AvgIpc) is 2.15. The zero-order valence-corrected chi connectivity index (χ0v) is 10.3. The molecule has 4 N–H and O–H groups in total. The van der Waals surface area contributed by atoms with Crippen LogP contribution in [0.25, 0.3) is 0 Å². The van der Waals surface area contributed by atoms with Crippen LogP contribution in [0.1, 0.15) is 24.2 Å². The molecule has 17 heavy (non-hydrogen) atoms. The van der Waals surface area contributed by atoms with Crippen LogP contribution in [0.2, 0.25) is 0 Å². The van der Waals surface area contributed by atoms with Gasteiger partial charge >= 0.3 is 0 Å². The third-order valence-electron chi connectivity index (χ3n) is 2.26. The van der Waals surface area contributed by atoms with Crippen LogP contribution in [-0.2, 0) is 0 Å². The maximum Gasteiger partial charge on any atom is 0.258 e. The van der Waals surface area contributed by atoms with E-state index in [0.29, 0.717) is 0 Å². The van der Waals surface area contributed by atoms with E-state index in [0.717, 1.165) is 6.07 Å². The summed E-state index contributed by atoms with van der Waals surface area (Å²) in [5.41, 5.74) is 4.06. The van der Waals surface area contributed by atoms with E-state index in [1.807, 2.05) is 0 Å². The first-order chi connectivity index (χ1) is 7.75. The second-order valence-corrected chi connectivity index (χ2v) is 4.52. The molecule has 0 atom stereocenters. The molecule has 0 unspecified atom stereocenters. The molecular weight excluding hydrogens is 243 g/mol. The molecule has 1 aromatic rings. The minimum absolute atomic E-state index is 0.0710. The molecule has 0 aliphatic heterocycles. The number of phenols is 1. The van der Waals surface area contributed by atoms with Crippen LogP contribution in [-0.4, -0.2) is 21.5 Å². The van der Waals surface area contributed by atoms with E-state index in [1.165, 1.54) is 12.1 Å². The molecular formula is C11H13FN2O2S. The molecule has 1 rings (SSSR count). The highest BCUT2D eigenvalue weighted by Crippen LogP contribution is 2.20. The van der Waals surface area contributed by atoms with Crippen LogP contribution in [0.3, 0.4) is 0 Å². The molecule has 6 heteroatoms. The number of rotatable bonds is 3. The number of hydrogen-bond donors (Lipinski definition) is 3. The van der Waals surface area contributed by atoms with Crippen molar-refractivity contribution in [3.8, 4) is 5.75 Å². The lowest BCUT2D eigenvalue weighted by Crippen LogP contribution is -2.52. The van der Waals surface area contributed by atoms with Gasteiger partial charge in [-0.25, -0.2) is 4.39 Å². The molecule has 4 nitrogen and oxygen atoms in total. The van der Waals surface area contributed by atoms with Gasteiger partial charge in [0.2, 0.25) is 0 Å². The summed E-state index contributed by atoms with van der Waals surface area (Å²) in [6.07, 6.45) is 0. The van der Waals surface area contributed by atoms with Gasteiger partial charge < -0.3 is 16.2 Å². The van der Waals surface area contributed by atoms with E-state index in [2.05, 4.69) is 5.32 Å². The fourth-order valence-corrected chi connectivity index (χ4v) is 1.20. The van der Waals surface area contributed by atoms with Crippen molar-refractivity contribution in [3.05, 3.63) is 29.6 Å². The Balaban J connectivity index is 3.03. The largest absolute Gasteiger partial charge is 0.507 e. The molecule has 0 spiro atoms. The number of aromatic hydroxyl groups is 1. The monoisotopic (exact) mass is 256 g/mol. The lowest BCUT2D eigenvalue weighted by Gasteiger charge is -2.24. The molecule has 0 aromatic heterocycles. The van der Waals surface area contributed by atoms with Crippen LogP contribution in [0.15, 0.2) is 18.2 Å². The fraction of sp³-hybridized carbons (Fsp3) is 0.273. The average molecular weight is 256 g/mol. The number of amides is 1. The van der Waals surface area contributed by atoms with Gasteiger partial charge in [-0.2, -0.15) is 0 Å². The summed E-state index contributed by atoms with van der Waals surface area (Å²) in [5.74, 6) is -2.00. The fourth-order valence-electron chi connectivity index (χ4n) is 1.15. The molecule has 0 aliphatic carbocycles. The second-order valence-electron chi connectivity index (χ2n) is 4.08. The summed E-state index contributed by atoms with van der Waals surface area (Å²) in [6.45, 7) is 3.18. The van der Waals surface area contributed by atoms with Crippen molar-refractivity contribution in [2.75, 3.05) is 0 Å². The second kappa shape index (κ2) is 4.67. The minimum atomic E-state index is -0.957. The molecule has 0 saturated heterocycles. The van der Waals surface area contributed by atoms with E-state index in [-0.39, 0.29) is 4.99 Å². The Kier molecular flexibility index (Phi) is 3.67. The smallest absolute Gasteiger partial charge is 0.258 e. The first-order valence-corrected chi connectivity index (χ1v) is 5.26. The predicted molar refractivity (Wildman–Crippen MR) is 66.4 cm³/mol. The first kappa shape index (κ1) is 13.4. The van der Waals surface area contributed by atoms with E-state index >= 15 is 0 Å². The van der Waals surface area contributed by atoms with Gasteiger partial charge in [-0.3, -0.25) is 4.79 Å². The Hall–Kier alpha value is -1.69. The number of nitrogens with one attached hydrogen (secondary N) is 1. The van der Waals surface area contributed by atoms with Crippen LogP contribution in [0, 0.1) is 5.82 Å². The summed E-state index contributed by atoms with van der Waals surface area (Å²) in [6, 6.07) is 3.62. The molecule has 0 aliphatic rings. The molecule has 1 amide bonds. The Morgan fingerprint density at radius 1 is 1.53 bits per heavy atom. The summed E-state index contributed by atoms with van der Waals surface area (Å²) in [4.78, 5) is 11.9. The molecule has 0 bridgehead atoms. The highest BCUT2D eigenvalue weighted by atomic mass is 32.1. The third-order valence-corrected chi connectivity index (χ3v) is 2.77. The van der Waals surface area contributed by atoms with E-state index in [1.54, 1.807) is 13.8 Å². The Morgan fingerprint density at radius 2 is 2.12 bits per heavy atom. The van der Waals surface area contributed by atoms with Crippen molar-refractivity contribution in [3.63, 3.8) is 0 Å². The molecule has 0 radical (unpaired) electrons. The van der Waals surface area contributed by atoms with E-state index in [9.17, 15) is 14.3 Å². The molecule has 1 aromatic carbocycles. The molecule has 0 fully saturated rings. The Labute approximate surface area is 104 Å². The first-order valence-electron chi connectivity index (χ1n) is 4.85. The highest BCUT2D eigenvalue weighted by Gasteiger charge is 2.26. The van der Waals surface area contributed by atoms with Crippen LogP contribution < -0.4 is 11.1 Å². The van der Waals surface area contributed by atoms with Crippen molar-refractivity contribution < 1.29 is 14.3 Å². The normalized spacial score (nSPS) is 11.0. The number of nitrogens with two attached hydrogens (primary N) is 1. The number of thiocarbonyl (C=S) groups is 1. The molecule has 92 valence electrons. The van der Waals surface area contributed by atoms with Gasteiger partial charge in [-0.1, -0.05) is 18.3 Å². The number of benzene rings is 1. The van der Waals surface area contributed by atoms with Gasteiger partial charge in [0.1, 0.15) is 17.1 Å². The van der Waals surface area contributed by atoms with Gasteiger partial charge in [-0.05, 0) is 26.0 Å². The molecule has 0 heterocycles. The topological polar surface area (TPSA) is 75.3 Å². The Morgan fingerprint density at radius 3 is 2.59 bits per heavy atom. The summed E-state index contributed by atoms with van der Waals surface area (Å²) < 4.78 is 13.4. The minimum Gasteiger partial charge on any atom is -0.507 e. The number of carbonyl (C=O) groups is 1. The van der Waals surface area contributed by atoms with Crippen molar-refractivity contribution >= 4 is 23.1 Å². The number of carbonyl (C=O) groups excluding carboxylic acids is 1. The van der Waals surface area contributed by atoms with E-state index in [4.69, 9.17) is 18.0 Å². The standard InChI is InChI=1S/C11H13FN2O2S/c1-11(2,10(13)17)14-9(16)8-6(12)4-3-5-7(8)15/h3-5,15H,1-2H3,(H2,13,17)(H,14,16). The lowest BCUT2D eigenvalue weighted by molar-refractivity contribution is 0.0925. The van der Waals surface area contributed by atoms with Crippen LogP contribution >= 0.6 is 12.2 Å². The zero-order chi connectivity index (χ0) is 13.2. The van der Waals surface area contributed by atoms with Crippen LogP contribution in [0.5, 0.6) is 5.75 Å². The SMILES string of the molecule is CC(C)(NC(=O)c1c(O)cccc1F)C(N)=S. The van der Waals surface area contributed by atoms with E-state index < -0.39 is 28.6 Å². The van der Waals surface area contributed by atoms with Crippen LogP contribution in [0.4, 0.5) is 4.39 Å². The molecule has 0 saturated carbocycles. The highest BCUT2D eigenvalue weighted by molar-refractivity contribution is 7.80. The van der Waals surface area contributed by atoms with Gasteiger partial charge in [0.15, 0.2) is 0 Å². The van der Waals surface area contributed by atoms with Gasteiger partial charge in [0.25, 0.3) is 5.91 Å². The van der Waals surface area contributed by atoms with Crippen molar-refractivity contribution in [1.82, 2.24) is 5.32 Å². The number of phenolic OH excluding ortho intramolecular Hbond substituents is 1. The lowest BCUT2D eigenvalue weighted by atomic mass is 10.0. The quantitative estimate of drug-likeness (QED) is 0.713. The van der Waals surface area contributed by atoms with Gasteiger partial charge in [-0.15, -0.1) is 0 Å².